The van der Waals surface area contributed by atoms with Crippen molar-refractivity contribution in [3.63, 3.8) is 0 Å². The predicted molar refractivity (Wildman–Crippen MR) is 92.5 cm³/mol. The van der Waals surface area contributed by atoms with Gasteiger partial charge in [0.1, 0.15) is 12.1 Å². The maximum Gasteiger partial charge on any atom is 0.336 e. The minimum absolute atomic E-state index is 0.102. The number of ether oxygens (including phenoxy) is 1. The Bertz CT molecular complexity index is 993. The molecule has 0 amide bonds. The number of nitrogens with one attached hydrogen (secondary N) is 1. The first-order valence-electron chi connectivity index (χ1n) is 7.81. The van der Waals surface area contributed by atoms with Gasteiger partial charge in [-0.05, 0) is 35.0 Å². The van der Waals surface area contributed by atoms with Gasteiger partial charge < -0.3 is 10.1 Å². The monoisotopic (exact) mass is 388 g/mol. The molecule has 0 bridgehead atoms. The molecule has 0 spiro atoms. The van der Waals surface area contributed by atoms with Crippen molar-refractivity contribution in [3.8, 4) is 6.07 Å². The van der Waals surface area contributed by atoms with Gasteiger partial charge in [-0.25, -0.2) is 13.9 Å². The van der Waals surface area contributed by atoms with Gasteiger partial charge in [0.2, 0.25) is 0 Å². The van der Waals surface area contributed by atoms with Gasteiger partial charge in [0.25, 0.3) is 0 Å². The number of hydrogen-bond acceptors (Lipinski definition) is 7. The van der Waals surface area contributed by atoms with Gasteiger partial charge >= 0.3 is 5.97 Å². The first-order valence-corrected chi connectivity index (χ1v) is 8.19. The van der Waals surface area contributed by atoms with Crippen LogP contribution in [0.1, 0.15) is 18.4 Å². The van der Waals surface area contributed by atoms with E-state index in [4.69, 9.17) is 16.3 Å². The zero-order chi connectivity index (χ0) is 19.6. The number of halogens is 2. The maximum absolute atomic E-state index is 13.5. The van der Waals surface area contributed by atoms with Crippen LogP contribution >= 0.6 is 11.6 Å². The molecule has 0 unspecified atom stereocenters. The Hall–Kier alpha value is -3.25. The maximum atomic E-state index is 13.5. The van der Waals surface area contributed by atoms with E-state index in [0.29, 0.717) is 17.0 Å². The second kappa shape index (κ2) is 7.55. The lowest BCUT2D eigenvalue weighted by atomic mass is 9.80. The highest BCUT2D eigenvalue weighted by atomic mass is 35.5. The van der Waals surface area contributed by atoms with E-state index in [1.54, 1.807) is 6.92 Å². The molecule has 1 aromatic heterocycles. The van der Waals surface area contributed by atoms with Crippen LogP contribution in [-0.4, -0.2) is 33.3 Å². The summed E-state index contributed by atoms with van der Waals surface area (Å²) in [5.74, 6) is -1.98. The number of dihydropyridines is 1. The highest BCUT2D eigenvalue weighted by molar-refractivity contribution is 6.31. The second-order valence-electron chi connectivity index (χ2n) is 5.77. The van der Waals surface area contributed by atoms with Gasteiger partial charge in [-0.3, -0.25) is 0 Å². The molecule has 0 saturated heterocycles. The van der Waals surface area contributed by atoms with E-state index in [2.05, 4.69) is 26.9 Å². The van der Waals surface area contributed by atoms with E-state index in [1.165, 1.54) is 30.3 Å². The van der Waals surface area contributed by atoms with Crippen LogP contribution in [0.5, 0.6) is 0 Å². The van der Waals surface area contributed by atoms with E-state index in [9.17, 15) is 14.4 Å². The van der Waals surface area contributed by atoms with E-state index in [1.807, 2.05) is 0 Å². The SMILES string of the molecule is COC(=O)C1=C(Cn2cnnn2)NC(C)=C(C#N)[C@H]1c1ccc(F)cc1Cl. The molecule has 2 heterocycles. The molecule has 1 aliphatic rings. The van der Waals surface area contributed by atoms with Gasteiger partial charge in [-0.15, -0.1) is 5.10 Å². The molecule has 0 fully saturated rings. The zero-order valence-corrected chi connectivity index (χ0v) is 15.2. The van der Waals surface area contributed by atoms with Crippen molar-refractivity contribution in [2.75, 3.05) is 7.11 Å². The lowest BCUT2D eigenvalue weighted by Gasteiger charge is -2.30. The van der Waals surface area contributed by atoms with Gasteiger partial charge in [-0.2, -0.15) is 5.26 Å². The molecule has 0 radical (unpaired) electrons. The number of methoxy groups -OCH3 is 1. The number of rotatable bonds is 4. The van der Waals surface area contributed by atoms with Crippen molar-refractivity contribution in [2.45, 2.75) is 19.4 Å². The summed E-state index contributed by atoms with van der Waals surface area (Å²) >= 11 is 6.23. The molecule has 1 atom stereocenters. The number of carbonyl (C=O) groups is 1. The minimum Gasteiger partial charge on any atom is -0.466 e. The van der Waals surface area contributed by atoms with Crippen molar-refractivity contribution in [1.29, 1.82) is 5.26 Å². The van der Waals surface area contributed by atoms with E-state index >= 15 is 0 Å². The van der Waals surface area contributed by atoms with Crippen LogP contribution in [0.25, 0.3) is 0 Å². The summed E-state index contributed by atoms with van der Waals surface area (Å²) in [6, 6.07) is 5.93. The van der Waals surface area contributed by atoms with Gasteiger partial charge in [0.05, 0.1) is 36.8 Å². The predicted octanol–water partition coefficient (Wildman–Crippen LogP) is 2.08. The Morgan fingerprint density at radius 1 is 1.52 bits per heavy atom. The zero-order valence-electron chi connectivity index (χ0n) is 14.4. The number of nitriles is 1. The Morgan fingerprint density at radius 2 is 2.30 bits per heavy atom. The number of esters is 1. The topological polar surface area (TPSA) is 106 Å². The molecule has 1 aromatic carbocycles. The van der Waals surface area contributed by atoms with Crippen molar-refractivity contribution in [3.05, 3.63) is 63.5 Å². The average Bonchev–Trinajstić information content (AvgIpc) is 3.14. The first kappa shape index (κ1) is 18.5. The molecule has 0 saturated carbocycles. The summed E-state index contributed by atoms with van der Waals surface area (Å²) in [5, 5.41) is 23.8. The van der Waals surface area contributed by atoms with E-state index in [-0.39, 0.29) is 22.7 Å². The third kappa shape index (κ3) is 3.52. The number of nitrogens with zero attached hydrogens (tertiary/aromatic N) is 5. The van der Waals surface area contributed by atoms with Crippen LogP contribution in [0.15, 0.2) is 47.1 Å². The lowest BCUT2D eigenvalue weighted by molar-refractivity contribution is -0.136. The summed E-state index contributed by atoms with van der Waals surface area (Å²) in [6.45, 7) is 1.85. The number of tetrazole rings is 1. The molecular weight excluding hydrogens is 375 g/mol. The highest BCUT2D eigenvalue weighted by Crippen LogP contribution is 2.41. The molecule has 27 heavy (non-hydrogen) atoms. The third-order valence-corrected chi connectivity index (χ3v) is 4.48. The summed E-state index contributed by atoms with van der Waals surface area (Å²) in [6.07, 6.45) is 1.39. The number of aromatic nitrogens is 4. The molecule has 10 heteroatoms. The van der Waals surface area contributed by atoms with Crippen molar-refractivity contribution >= 4 is 17.6 Å². The van der Waals surface area contributed by atoms with Crippen molar-refractivity contribution < 1.29 is 13.9 Å². The van der Waals surface area contributed by atoms with Gasteiger partial charge in [0.15, 0.2) is 0 Å². The summed E-state index contributed by atoms with van der Waals surface area (Å²) < 4.78 is 19.9. The van der Waals surface area contributed by atoms with Gasteiger partial charge in [0, 0.05) is 16.4 Å². The minimum atomic E-state index is -0.816. The first-order chi connectivity index (χ1) is 13.0. The third-order valence-electron chi connectivity index (χ3n) is 4.16. The quantitative estimate of drug-likeness (QED) is 0.799. The van der Waals surface area contributed by atoms with Crippen LogP contribution in [0, 0.1) is 17.1 Å². The molecule has 8 nitrogen and oxygen atoms in total. The van der Waals surface area contributed by atoms with Crippen LogP contribution in [-0.2, 0) is 16.1 Å². The average molecular weight is 389 g/mol. The summed E-state index contributed by atoms with van der Waals surface area (Å²) in [4.78, 5) is 12.6. The Kier molecular flexibility index (Phi) is 5.19. The molecule has 2 aromatic rings. The molecule has 138 valence electrons. The lowest BCUT2D eigenvalue weighted by Crippen LogP contribution is -2.31. The Labute approximate surface area is 158 Å². The van der Waals surface area contributed by atoms with E-state index in [0.717, 1.165) is 6.07 Å². The largest absolute Gasteiger partial charge is 0.466 e. The van der Waals surface area contributed by atoms with Crippen LogP contribution in [0.4, 0.5) is 4.39 Å². The van der Waals surface area contributed by atoms with E-state index < -0.39 is 17.7 Å². The second-order valence-corrected chi connectivity index (χ2v) is 6.17. The standard InChI is InChI=1S/C17H14ClFN6O2/c1-9-12(6-20)15(11-4-3-10(19)5-13(11)18)16(17(26)27-2)14(22-9)7-25-8-21-23-24-25/h3-5,8,15,22H,7H2,1-2H3/t15-/m1/s1. The highest BCUT2D eigenvalue weighted by Gasteiger charge is 2.36. The van der Waals surface area contributed by atoms with Crippen LogP contribution < -0.4 is 5.32 Å². The fourth-order valence-corrected chi connectivity index (χ4v) is 3.26. The summed E-state index contributed by atoms with van der Waals surface area (Å²) in [7, 11) is 1.24. The number of benzene rings is 1. The van der Waals surface area contributed by atoms with Gasteiger partial charge in [-0.1, -0.05) is 17.7 Å². The molecule has 1 aliphatic heterocycles. The summed E-state index contributed by atoms with van der Waals surface area (Å²) in [5.41, 5.74) is 1.88. The number of hydrogen-bond donors (Lipinski definition) is 1. The Morgan fingerprint density at radius 3 is 2.89 bits per heavy atom. The Balaban J connectivity index is 2.22. The smallest absolute Gasteiger partial charge is 0.336 e. The normalized spacial score (nSPS) is 16.8. The molecule has 3 rings (SSSR count). The molecular formula is C17H14ClFN6O2. The number of carbonyl (C=O) groups excluding carboxylic acids is 1. The van der Waals surface area contributed by atoms with Crippen molar-refractivity contribution in [2.24, 2.45) is 0 Å². The van der Waals surface area contributed by atoms with Crippen LogP contribution in [0.3, 0.4) is 0 Å². The van der Waals surface area contributed by atoms with Crippen LogP contribution in [0.2, 0.25) is 5.02 Å². The molecule has 0 aliphatic carbocycles. The van der Waals surface area contributed by atoms with Crippen molar-refractivity contribution in [1.82, 2.24) is 25.5 Å². The molecule has 1 N–H and O–H groups in total. The fourth-order valence-electron chi connectivity index (χ4n) is 2.98. The number of allylic oxidation sites excluding steroid dienone is 3. The fraction of sp³-hybridized carbons (Fsp3) is 0.235.